The second-order valence-electron chi connectivity index (χ2n) is 4.58. The van der Waals surface area contributed by atoms with E-state index < -0.39 is 0 Å². The van der Waals surface area contributed by atoms with E-state index >= 15 is 0 Å². The fraction of sp³-hybridized carbons (Fsp3) is 0.462. The predicted molar refractivity (Wildman–Crippen MR) is 69.8 cm³/mol. The standard InChI is InChI=1S/C13H15FN2S/c14-10-2-1-3-11-13(10)16-12(15-11)8-9-4-6-17-7-5-9/h1-3,9H,4-8H2,(H,15,16). The van der Waals surface area contributed by atoms with Crippen molar-refractivity contribution in [1.82, 2.24) is 9.97 Å². The van der Waals surface area contributed by atoms with Crippen LogP contribution < -0.4 is 0 Å². The fourth-order valence-electron chi connectivity index (χ4n) is 2.37. The first-order valence-corrected chi connectivity index (χ1v) is 7.19. The van der Waals surface area contributed by atoms with Crippen LogP contribution in [0, 0.1) is 11.7 Å². The van der Waals surface area contributed by atoms with Gasteiger partial charge in [-0.05, 0) is 42.4 Å². The average Bonchev–Trinajstić information content (AvgIpc) is 2.74. The number of nitrogens with one attached hydrogen (secondary N) is 1. The van der Waals surface area contributed by atoms with Crippen molar-refractivity contribution in [3.8, 4) is 0 Å². The molecule has 1 saturated heterocycles. The van der Waals surface area contributed by atoms with Gasteiger partial charge < -0.3 is 4.98 Å². The Labute approximate surface area is 104 Å². The van der Waals surface area contributed by atoms with Crippen LogP contribution in [0.15, 0.2) is 18.2 Å². The number of hydrogen-bond donors (Lipinski definition) is 1. The minimum Gasteiger partial charge on any atom is -0.342 e. The molecule has 0 aliphatic carbocycles. The first-order chi connectivity index (χ1) is 8.33. The molecule has 3 rings (SSSR count). The largest absolute Gasteiger partial charge is 0.342 e. The maximum atomic E-state index is 13.5. The molecule has 2 nitrogen and oxygen atoms in total. The number of rotatable bonds is 2. The quantitative estimate of drug-likeness (QED) is 0.885. The molecule has 0 spiro atoms. The van der Waals surface area contributed by atoms with Crippen molar-refractivity contribution >= 4 is 22.8 Å². The van der Waals surface area contributed by atoms with Crippen molar-refractivity contribution in [3.63, 3.8) is 0 Å². The van der Waals surface area contributed by atoms with E-state index in [0.29, 0.717) is 11.4 Å². The molecule has 0 atom stereocenters. The van der Waals surface area contributed by atoms with Gasteiger partial charge in [0.15, 0.2) is 5.82 Å². The average molecular weight is 250 g/mol. The van der Waals surface area contributed by atoms with Crippen LogP contribution in [0.4, 0.5) is 4.39 Å². The van der Waals surface area contributed by atoms with Gasteiger partial charge in [0.1, 0.15) is 11.3 Å². The summed E-state index contributed by atoms with van der Waals surface area (Å²) in [7, 11) is 0. The van der Waals surface area contributed by atoms with E-state index in [-0.39, 0.29) is 5.82 Å². The number of nitrogens with zero attached hydrogens (tertiary/aromatic N) is 1. The maximum Gasteiger partial charge on any atom is 0.151 e. The Morgan fingerprint density at radius 3 is 2.94 bits per heavy atom. The van der Waals surface area contributed by atoms with Gasteiger partial charge in [0.25, 0.3) is 0 Å². The Hall–Kier alpha value is -1.03. The highest BCUT2D eigenvalue weighted by Gasteiger charge is 2.16. The van der Waals surface area contributed by atoms with Gasteiger partial charge in [0, 0.05) is 6.42 Å². The van der Waals surface area contributed by atoms with Crippen molar-refractivity contribution in [2.75, 3.05) is 11.5 Å². The minimum absolute atomic E-state index is 0.232. The SMILES string of the molecule is Fc1cccc2[nH]c(CC3CCSCC3)nc12. The molecule has 0 bridgehead atoms. The zero-order valence-electron chi connectivity index (χ0n) is 9.58. The molecule has 17 heavy (non-hydrogen) atoms. The topological polar surface area (TPSA) is 28.7 Å². The summed E-state index contributed by atoms with van der Waals surface area (Å²) in [6.45, 7) is 0. The number of aromatic nitrogens is 2. The molecular formula is C13H15FN2S. The third-order valence-corrected chi connectivity index (χ3v) is 4.38. The van der Waals surface area contributed by atoms with Gasteiger partial charge >= 0.3 is 0 Å². The van der Waals surface area contributed by atoms with Crippen LogP contribution >= 0.6 is 11.8 Å². The fourth-order valence-corrected chi connectivity index (χ4v) is 3.57. The number of hydrogen-bond acceptors (Lipinski definition) is 2. The molecular weight excluding hydrogens is 235 g/mol. The molecule has 1 aromatic carbocycles. The molecule has 0 amide bonds. The summed E-state index contributed by atoms with van der Waals surface area (Å²) < 4.78 is 13.5. The predicted octanol–water partition coefficient (Wildman–Crippen LogP) is 3.39. The lowest BCUT2D eigenvalue weighted by Gasteiger charge is -2.19. The van der Waals surface area contributed by atoms with E-state index in [2.05, 4.69) is 9.97 Å². The highest BCUT2D eigenvalue weighted by atomic mass is 32.2. The summed E-state index contributed by atoms with van der Waals surface area (Å²) in [5, 5.41) is 0. The second kappa shape index (κ2) is 4.69. The number of aromatic amines is 1. The zero-order chi connectivity index (χ0) is 11.7. The van der Waals surface area contributed by atoms with Gasteiger partial charge in [-0.15, -0.1) is 0 Å². The molecule has 90 valence electrons. The summed E-state index contributed by atoms with van der Waals surface area (Å²) >= 11 is 2.03. The van der Waals surface area contributed by atoms with E-state index in [0.717, 1.165) is 17.8 Å². The van der Waals surface area contributed by atoms with Gasteiger partial charge in [-0.3, -0.25) is 0 Å². The van der Waals surface area contributed by atoms with Crippen molar-refractivity contribution in [1.29, 1.82) is 0 Å². The number of thioether (sulfide) groups is 1. The van der Waals surface area contributed by atoms with Crippen LogP contribution in [-0.2, 0) is 6.42 Å². The lowest BCUT2D eigenvalue weighted by molar-refractivity contribution is 0.478. The Morgan fingerprint density at radius 1 is 1.35 bits per heavy atom. The summed E-state index contributed by atoms with van der Waals surface area (Å²) in [4.78, 5) is 7.59. The lowest BCUT2D eigenvalue weighted by atomic mass is 9.99. The molecule has 0 saturated carbocycles. The van der Waals surface area contributed by atoms with Crippen molar-refractivity contribution in [3.05, 3.63) is 29.8 Å². The second-order valence-corrected chi connectivity index (χ2v) is 5.80. The van der Waals surface area contributed by atoms with E-state index in [1.165, 1.54) is 30.4 Å². The molecule has 1 N–H and O–H groups in total. The molecule has 1 fully saturated rings. The third kappa shape index (κ3) is 2.32. The molecule has 2 aromatic rings. The monoisotopic (exact) mass is 250 g/mol. The number of halogens is 1. The van der Waals surface area contributed by atoms with Gasteiger partial charge in [0.05, 0.1) is 5.52 Å². The van der Waals surface area contributed by atoms with Gasteiger partial charge in [-0.2, -0.15) is 11.8 Å². The Balaban J connectivity index is 1.83. The molecule has 2 heterocycles. The molecule has 1 aliphatic rings. The highest BCUT2D eigenvalue weighted by Crippen LogP contribution is 2.26. The van der Waals surface area contributed by atoms with Crippen LogP contribution in [0.5, 0.6) is 0 Å². The van der Waals surface area contributed by atoms with Crippen molar-refractivity contribution < 1.29 is 4.39 Å². The Kier molecular flexibility index (Phi) is 3.05. The molecule has 1 aromatic heterocycles. The normalized spacial score (nSPS) is 17.7. The lowest BCUT2D eigenvalue weighted by Crippen LogP contribution is -2.12. The van der Waals surface area contributed by atoms with Crippen LogP contribution in [0.2, 0.25) is 0 Å². The minimum atomic E-state index is -0.232. The van der Waals surface area contributed by atoms with Crippen LogP contribution in [0.3, 0.4) is 0 Å². The van der Waals surface area contributed by atoms with Crippen LogP contribution in [-0.4, -0.2) is 21.5 Å². The number of fused-ring (bicyclic) bond motifs is 1. The van der Waals surface area contributed by atoms with Gasteiger partial charge in [-0.1, -0.05) is 6.07 Å². The van der Waals surface area contributed by atoms with Crippen LogP contribution in [0.25, 0.3) is 11.0 Å². The summed E-state index contributed by atoms with van der Waals surface area (Å²) in [5.74, 6) is 3.91. The van der Waals surface area contributed by atoms with E-state index in [9.17, 15) is 4.39 Å². The zero-order valence-corrected chi connectivity index (χ0v) is 10.4. The number of benzene rings is 1. The van der Waals surface area contributed by atoms with Gasteiger partial charge in [-0.25, -0.2) is 9.37 Å². The van der Waals surface area contributed by atoms with E-state index in [4.69, 9.17) is 0 Å². The van der Waals surface area contributed by atoms with Crippen molar-refractivity contribution in [2.24, 2.45) is 5.92 Å². The first-order valence-electron chi connectivity index (χ1n) is 6.04. The van der Waals surface area contributed by atoms with Crippen LogP contribution in [0.1, 0.15) is 18.7 Å². The summed E-state index contributed by atoms with van der Waals surface area (Å²) in [5.41, 5.74) is 1.29. The number of H-pyrrole nitrogens is 1. The van der Waals surface area contributed by atoms with Crippen molar-refractivity contribution in [2.45, 2.75) is 19.3 Å². The summed E-state index contributed by atoms with van der Waals surface area (Å²) in [6.07, 6.45) is 3.46. The maximum absolute atomic E-state index is 13.5. The molecule has 4 heteroatoms. The molecule has 0 unspecified atom stereocenters. The molecule has 1 aliphatic heterocycles. The third-order valence-electron chi connectivity index (χ3n) is 3.34. The Bertz CT molecular complexity index is 517. The highest BCUT2D eigenvalue weighted by molar-refractivity contribution is 7.99. The Morgan fingerprint density at radius 2 is 2.18 bits per heavy atom. The van der Waals surface area contributed by atoms with E-state index in [1.54, 1.807) is 6.07 Å². The number of para-hydroxylation sites is 1. The smallest absolute Gasteiger partial charge is 0.151 e. The first kappa shape index (κ1) is 11.1. The van der Waals surface area contributed by atoms with E-state index in [1.807, 2.05) is 17.8 Å². The van der Waals surface area contributed by atoms with Gasteiger partial charge in [0.2, 0.25) is 0 Å². The molecule has 0 radical (unpaired) electrons. The summed E-state index contributed by atoms with van der Waals surface area (Å²) in [6, 6.07) is 5.06. The number of imidazole rings is 1.